The zero-order valence-corrected chi connectivity index (χ0v) is 14.7. The van der Waals surface area contributed by atoms with Crippen LogP contribution in [0.1, 0.15) is 45.4 Å². The number of carbonyl (C=O) groups is 2. The van der Waals surface area contributed by atoms with Gasteiger partial charge in [-0.15, -0.1) is 0 Å². The molecule has 0 spiro atoms. The maximum atomic E-state index is 12.1. The van der Waals surface area contributed by atoms with Crippen molar-refractivity contribution in [3.05, 3.63) is 30.1 Å². The van der Waals surface area contributed by atoms with E-state index >= 15 is 0 Å². The Hall–Kier alpha value is -2.70. The molecule has 1 heterocycles. The second-order valence-corrected chi connectivity index (χ2v) is 6.86. The van der Waals surface area contributed by atoms with Crippen molar-refractivity contribution in [1.82, 2.24) is 20.5 Å². The first-order valence-electron chi connectivity index (χ1n) is 8.58. The number of benzene rings is 1. The first-order valence-corrected chi connectivity index (χ1v) is 8.58. The molecule has 0 bridgehead atoms. The summed E-state index contributed by atoms with van der Waals surface area (Å²) >= 11 is 0. The van der Waals surface area contributed by atoms with Gasteiger partial charge in [-0.3, -0.25) is 14.7 Å². The third kappa shape index (κ3) is 4.23. The van der Waals surface area contributed by atoms with E-state index in [1.807, 2.05) is 26.8 Å². The molecule has 1 aliphatic carbocycles. The Bertz CT molecular complexity index is 779. The van der Waals surface area contributed by atoms with Crippen LogP contribution in [0.25, 0.3) is 11.4 Å². The highest BCUT2D eigenvalue weighted by Gasteiger charge is 2.27. The predicted molar refractivity (Wildman–Crippen MR) is 94.9 cm³/mol. The van der Waals surface area contributed by atoms with Gasteiger partial charge < -0.3 is 10.6 Å². The quantitative estimate of drug-likeness (QED) is 0.727. The molecule has 1 aliphatic rings. The van der Waals surface area contributed by atoms with Gasteiger partial charge in [-0.05, 0) is 37.8 Å². The average Bonchev–Trinajstić information content (AvgIpc) is 3.31. The zero-order chi connectivity index (χ0) is 18.0. The molecule has 0 aliphatic heterocycles. The Balaban J connectivity index is 1.66. The van der Waals surface area contributed by atoms with E-state index in [0.29, 0.717) is 17.4 Å². The third-order valence-corrected chi connectivity index (χ3v) is 4.41. The van der Waals surface area contributed by atoms with Crippen LogP contribution in [0, 0.1) is 5.92 Å². The number of H-pyrrole nitrogens is 1. The lowest BCUT2D eigenvalue weighted by Crippen LogP contribution is -2.42. The summed E-state index contributed by atoms with van der Waals surface area (Å²) in [4.78, 5) is 28.5. The summed E-state index contributed by atoms with van der Waals surface area (Å²) in [5, 5.41) is 12.5. The monoisotopic (exact) mass is 341 g/mol. The van der Waals surface area contributed by atoms with Crippen LogP contribution in [0.5, 0.6) is 0 Å². The number of nitrogens with one attached hydrogen (secondary N) is 3. The van der Waals surface area contributed by atoms with Crippen molar-refractivity contribution in [2.24, 2.45) is 5.92 Å². The van der Waals surface area contributed by atoms with Crippen molar-refractivity contribution in [1.29, 1.82) is 0 Å². The van der Waals surface area contributed by atoms with Crippen LogP contribution < -0.4 is 10.6 Å². The fourth-order valence-electron chi connectivity index (χ4n) is 2.31. The van der Waals surface area contributed by atoms with Crippen LogP contribution in [-0.4, -0.2) is 33.0 Å². The average molecular weight is 341 g/mol. The molecule has 1 atom stereocenters. The molecule has 3 rings (SSSR count). The highest BCUT2D eigenvalue weighted by atomic mass is 16.2. The highest BCUT2D eigenvalue weighted by Crippen LogP contribution is 2.38. The molecule has 1 saturated carbocycles. The molecular formula is C18H23N5O2. The van der Waals surface area contributed by atoms with E-state index in [0.717, 1.165) is 24.2 Å². The van der Waals surface area contributed by atoms with Crippen LogP contribution in [0.3, 0.4) is 0 Å². The summed E-state index contributed by atoms with van der Waals surface area (Å²) < 4.78 is 0. The number of rotatable bonds is 5. The summed E-state index contributed by atoms with van der Waals surface area (Å²) in [6, 6.07) is 7.09. The molecule has 0 radical (unpaired) electrons. The van der Waals surface area contributed by atoms with Crippen LogP contribution in [0.4, 0.5) is 5.69 Å². The third-order valence-electron chi connectivity index (χ3n) is 4.41. The van der Waals surface area contributed by atoms with E-state index in [1.165, 1.54) is 0 Å². The number of aromatic nitrogens is 3. The molecule has 2 aromatic rings. The maximum absolute atomic E-state index is 12.1. The van der Waals surface area contributed by atoms with E-state index < -0.39 is 11.8 Å². The van der Waals surface area contributed by atoms with Gasteiger partial charge in [0.15, 0.2) is 5.82 Å². The number of nitrogens with zero attached hydrogens (tertiary/aromatic N) is 2. The summed E-state index contributed by atoms with van der Waals surface area (Å²) in [5.41, 5.74) is 1.32. The molecule has 0 saturated heterocycles. The fourth-order valence-corrected chi connectivity index (χ4v) is 2.31. The van der Waals surface area contributed by atoms with Gasteiger partial charge in [-0.2, -0.15) is 5.10 Å². The number of aromatic amines is 1. The topological polar surface area (TPSA) is 99.8 Å². The minimum atomic E-state index is -0.682. The van der Waals surface area contributed by atoms with Crippen LogP contribution in [0.2, 0.25) is 0 Å². The molecule has 25 heavy (non-hydrogen) atoms. The number of hydrogen-bond donors (Lipinski definition) is 3. The van der Waals surface area contributed by atoms with E-state index in [1.54, 1.807) is 18.2 Å². The second-order valence-electron chi connectivity index (χ2n) is 6.86. The molecular weight excluding hydrogens is 318 g/mol. The maximum Gasteiger partial charge on any atom is 0.313 e. The molecule has 2 amide bonds. The molecule has 1 fully saturated rings. The molecule has 3 N–H and O–H groups in total. The van der Waals surface area contributed by atoms with Crippen molar-refractivity contribution in [3.63, 3.8) is 0 Å². The molecule has 0 unspecified atom stereocenters. The van der Waals surface area contributed by atoms with Gasteiger partial charge in [0, 0.05) is 23.2 Å². The number of carbonyl (C=O) groups excluding carboxylic acids is 2. The Morgan fingerprint density at radius 2 is 1.96 bits per heavy atom. The summed E-state index contributed by atoms with van der Waals surface area (Å²) in [6.45, 7) is 5.84. The molecule has 1 aromatic heterocycles. The van der Waals surface area contributed by atoms with Crippen molar-refractivity contribution < 1.29 is 9.59 Å². The number of amides is 2. The predicted octanol–water partition coefficient (Wildman–Crippen LogP) is 2.45. The summed E-state index contributed by atoms with van der Waals surface area (Å²) in [6.07, 6.45) is 2.29. The van der Waals surface area contributed by atoms with Crippen molar-refractivity contribution in [2.45, 2.75) is 45.6 Å². The Morgan fingerprint density at radius 1 is 1.20 bits per heavy atom. The van der Waals surface area contributed by atoms with Crippen molar-refractivity contribution in [3.8, 4) is 11.4 Å². The second kappa shape index (κ2) is 7.04. The van der Waals surface area contributed by atoms with Crippen LogP contribution in [0.15, 0.2) is 24.3 Å². The van der Waals surface area contributed by atoms with Gasteiger partial charge in [0.1, 0.15) is 5.82 Å². The van der Waals surface area contributed by atoms with E-state index in [9.17, 15) is 9.59 Å². The minimum Gasteiger partial charge on any atom is -0.345 e. The molecule has 7 heteroatoms. The molecule has 132 valence electrons. The van der Waals surface area contributed by atoms with Gasteiger partial charge in [0.25, 0.3) is 0 Å². The first kappa shape index (κ1) is 17.1. The minimum absolute atomic E-state index is 0.0707. The van der Waals surface area contributed by atoms with E-state index in [4.69, 9.17) is 0 Å². The summed E-state index contributed by atoms with van der Waals surface area (Å²) in [5.74, 6) is 0.934. The smallest absolute Gasteiger partial charge is 0.313 e. The lowest BCUT2D eigenvalue weighted by atomic mass is 10.1. The van der Waals surface area contributed by atoms with Gasteiger partial charge in [-0.1, -0.05) is 26.0 Å². The van der Waals surface area contributed by atoms with Crippen LogP contribution >= 0.6 is 0 Å². The highest BCUT2D eigenvalue weighted by molar-refractivity contribution is 6.39. The lowest BCUT2D eigenvalue weighted by molar-refractivity contribution is -0.136. The molecule has 7 nitrogen and oxygen atoms in total. The van der Waals surface area contributed by atoms with Crippen molar-refractivity contribution >= 4 is 17.5 Å². The largest absolute Gasteiger partial charge is 0.345 e. The van der Waals surface area contributed by atoms with Gasteiger partial charge >= 0.3 is 11.8 Å². The SMILES string of the molecule is CC(C)[C@H](C)NC(=O)C(=O)Nc1cccc(-c2n[nH]c(C3CC3)n2)c1. The zero-order valence-electron chi connectivity index (χ0n) is 14.7. The number of hydrogen-bond acceptors (Lipinski definition) is 4. The Labute approximate surface area is 146 Å². The van der Waals surface area contributed by atoms with Gasteiger partial charge in [0.2, 0.25) is 0 Å². The Morgan fingerprint density at radius 3 is 2.64 bits per heavy atom. The Kier molecular flexibility index (Phi) is 4.83. The van der Waals surface area contributed by atoms with E-state index in [-0.39, 0.29) is 12.0 Å². The first-order chi connectivity index (χ1) is 11.9. The fraction of sp³-hybridized carbons (Fsp3) is 0.444. The van der Waals surface area contributed by atoms with E-state index in [2.05, 4.69) is 25.8 Å². The van der Waals surface area contributed by atoms with Crippen molar-refractivity contribution in [2.75, 3.05) is 5.32 Å². The number of anilines is 1. The van der Waals surface area contributed by atoms with Gasteiger partial charge in [0.05, 0.1) is 0 Å². The molecule has 1 aromatic carbocycles. The summed E-state index contributed by atoms with van der Waals surface area (Å²) in [7, 11) is 0. The van der Waals surface area contributed by atoms with Gasteiger partial charge in [-0.25, -0.2) is 4.98 Å². The van der Waals surface area contributed by atoms with Crippen LogP contribution in [-0.2, 0) is 9.59 Å². The lowest BCUT2D eigenvalue weighted by Gasteiger charge is -2.17. The normalized spacial score (nSPS) is 15.0. The standard InChI is InChI=1S/C18H23N5O2/c1-10(2)11(3)19-17(24)18(25)20-14-6-4-5-13(9-14)16-21-15(22-23-16)12-7-8-12/h4-6,9-12H,7-8H2,1-3H3,(H,19,24)(H,20,25)(H,21,22,23)/t11-/m0/s1.